The maximum absolute atomic E-state index is 13.6. The van der Waals surface area contributed by atoms with Gasteiger partial charge in [0.25, 0.3) is 0 Å². The number of esters is 1. The van der Waals surface area contributed by atoms with Gasteiger partial charge in [-0.15, -0.1) is 0 Å². The van der Waals surface area contributed by atoms with E-state index in [-0.39, 0.29) is 18.8 Å². The van der Waals surface area contributed by atoms with E-state index < -0.39 is 53.2 Å². The number of ether oxygens (including phenoxy) is 2. The van der Waals surface area contributed by atoms with Gasteiger partial charge in [0, 0.05) is 24.7 Å². The highest BCUT2D eigenvalue weighted by Gasteiger charge is 2.33. The number of benzene rings is 1. The molecule has 2 aromatic rings. The zero-order valence-corrected chi connectivity index (χ0v) is 25.4. The van der Waals surface area contributed by atoms with E-state index in [1.807, 2.05) is 44.2 Å². The number of nitrogens with zero attached hydrogens (tertiary/aromatic N) is 1. The predicted molar refractivity (Wildman–Crippen MR) is 155 cm³/mol. The molecule has 2 rings (SSSR count). The summed E-state index contributed by atoms with van der Waals surface area (Å²) in [6, 6.07) is 6.15. The van der Waals surface area contributed by atoms with E-state index in [4.69, 9.17) is 9.47 Å². The molecule has 11 nitrogen and oxygen atoms in total. The molecule has 1 heterocycles. The summed E-state index contributed by atoms with van der Waals surface area (Å²) < 4.78 is 10.9. The van der Waals surface area contributed by atoms with Crippen LogP contribution in [0.15, 0.2) is 42.9 Å². The van der Waals surface area contributed by atoms with Crippen molar-refractivity contribution < 1.29 is 28.7 Å². The average Bonchev–Trinajstić information content (AvgIpc) is 3.34. The molecule has 0 spiro atoms. The van der Waals surface area contributed by atoms with Crippen LogP contribution in [0.3, 0.4) is 0 Å². The summed E-state index contributed by atoms with van der Waals surface area (Å²) in [5.74, 6) is -1.63. The highest BCUT2D eigenvalue weighted by Crippen LogP contribution is 2.14. The molecule has 1 aromatic heterocycles. The van der Waals surface area contributed by atoms with Crippen molar-refractivity contribution in [1.82, 2.24) is 25.9 Å². The summed E-state index contributed by atoms with van der Waals surface area (Å²) in [7, 11) is 0. The van der Waals surface area contributed by atoms with E-state index in [2.05, 4.69) is 25.9 Å². The van der Waals surface area contributed by atoms with Crippen LogP contribution >= 0.6 is 0 Å². The van der Waals surface area contributed by atoms with Gasteiger partial charge in [0.15, 0.2) is 0 Å². The van der Waals surface area contributed by atoms with Crippen molar-refractivity contribution in [2.45, 2.75) is 104 Å². The lowest BCUT2D eigenvalue weighted by molar-refractivity contribution is -0.159. The Morgan fingerprint density at radius 3 is 1.88 bits per heavy atom. The normalized spacial score (nSPS) is 14.0. The van der Waals surface area contributed by atoms with Gasteiger partial charge in [0.05, 0.1) is 6.33 Å². The van der Waals surface area contributed by atoms with E-state index in [9.17, 15) is 19.2 Å². The third-order valence-electron chi connectivity index (χ3n) is 5.62. The molecule has 1 aromatic carbocycles. The molecule has 0 saturated carbocycles. The van der Waals surface area contributed by atoms with Crippen LogP contribution in [0.4, 0.5) is 4.79 Å². The number of hydrogen-bond donors (Lipinski definition) is 4. The number of alkyl carbamates (subject to hydrolysis) is 1. The third kappa shape index (κ3) is 12.9. The fraction of sp³-hybridized carbons (Fsp3) is 0.567. The number of rotatable bonds is 12. The molecule has 0 aliphatic heterocycles. The van der Waals surface area contributed by atoms with Gasteiger partial charge in [0.2, 0.25) is 11.8 Å². The van der Waals surface area contributed by atoms with Crippen molar-refractivity contribution in [3.05, 3.63) is 54.1 Å². The highest BCUT2D eigenvalue weighted by molar-refractivity contribution is 5.93. The van der Waals surface area contributed by atoms with Crippen molar-refractivity contribution in [2.75, 3.05) is 0 Å². The molecule has 3 atom stereocenters. The van der Waals surface area contributed by atoms with Gasteiger partial charge < -0.3 is 30.4 Å². The molecular weight excluding hydrogens is 526 g/mol. The van der Waals surface area contributed by atoms with Crippen LogP contribution in [0, 0.1) is 5.92 Å². The topological polar surface area (TPSA) is 152 Å². The van der Waals surface area contributed by atoms with Crippen LogP contribution in [0.1, 0.15) is 73.1 Å². The molecule has 4 N–H and O–H groups in total. The number of aromatic amines is 1. The average molecular weight is 572 g/mol. The van der Waals surface area contributed by atoms with Gasteiger partial charge in [0.1, 0.15) is 29.3 Å². The second-order valence-corrected chi connectivity index (χ2v) is 12.5. The Hall–Kier alpha value is -3.89. The van der Waals surface area contributed by atoms with Crippen LogP contribution in [0.25, 0.3) is 0 Å². The number of hydrogen-bond acceptors (Lipinski definition) is 7. The summed E-state index contributed by atoms with van der Waals surface area (Å²) >= 11 is 0. The molecule has 11 heteroatoms. The van der Waals surface area contributed by atoms with Gasteiger partial charge in [-0.1, -0.05) is 44.2 Å². The zero-order chi connectivity index (χ0) is 30.8. The first-order valence-electron chi connectivity index (χ1n) is 13.9. The monoisotopic (exact) mass is 571 g/mol. The molecule has 0 aliphatic rings. The van der Waals surface area contributed by atoms with Crippen molar-refractivity contribution in [1.29, 1.82) is 0 Å². The molecule has 0 aliphatic carbocycles. The van der Waals surface area contributed by atoms with Crippen molar-refractivity contribution in [3.63, 3.8) is 0 Å². The van der Waals surface area contributed by atoms with E-state index >= 15 is 0 Å². The Kier molecular flexibility index (Phi) is 11.9. The number of H-pyrrole nitrogens is 1. The minimum absolute atomic E-state index is 0.0742. The maximum atomic E-state index is 13.6. The zero-order valence-electron chi connectivity index (χ0n) is 25.4. The summed E-state index contributed by atoms with van der Waals surface area (Å²) in [5, 5.41) is 8.18. The first-order valence-corrected chi connectivity index (χ1v) is 13.9. The molecule has 0 saturated heterocycles. The van der Waals surface area contributed by atoms with Gasteiger partial charge in [-0.25, -0.2) is 14.6 Å². The lowest BCUT2D eigenvalue weighted by Crippen LogP contribution is -2.57. The fourth-order valence-electron chi connectivity index (χ4n) is 3.94. The number of aromatic nitrogens is 2. The number of imidazole rings is 1. The summed E-state index contributed by atoms with van der Waals surface area (Å²) in [6.07, 6.45) is 2.85. The Balaban J connectivity index is 2.30. The smallest absolute Gasteiger partial charge is 0.408 e. The SMILES string of the molecule is CC(C)C[C@H](NC(=O)[C@H](Cc1cnc[nH]1)NC(=O)[C@H](Cc1ccccc1)NC(=O)OC(C)(C)C)C(=O)OC(C)(C)C. The highest BCUT2D eigenvalue weighted by atomic mass is 16.6. The molecule has 3 amide bonds. The van der Waals surface area contributed by atoms with Crippen LogP contribution in [0.5, 0.6) is 0 Å². The maximum Gasteiger partial charge on any atom is 0.408 e. The lowest BCUT2D eigenvalue weighted by Gasteiger charge is -2.28. The standard InChI is InChI=1S/C30H45N5O6/c1-19(2)14-24(27(38)40-29(3,4)5)34-26(37)23(16-21-17-31-18-32-21)33-25(36)22(15-20-12-10-9-11-13-20)35-28(39)41-30(6,7)8/h9-13,17-19,22-24H,14-16H2,1-8H3,(H,31,32)(H,33,36)(H,34,37)(H,35,39)/t22-,23-,24-/m0/s1. The Morgan fingerprint density at radius 2 is 1.37 bits per heavy atom. The van der Waals surface area contributed by atoms with Gasteiger partial charge in [-0.2, -0.15) is 0 Å². The number of amides is 3. The fourth-order valence-corrected chi connectivity index (χ4v) is 3.94. The van der Waals surface area contributed by atoms with Crippen LogP contribution in [-0.2, 0) is 36.7 Å². The van der Waals surface area contributed by atoms with Crippen LogP contribution in [0.2, 0.25) is 0 Å². The minimum atomic E-state index is -1.08. The van der Waals surface area contributed by atoms with E-state index in [0.29, 0.717) is 12.1 Å². The second-order valence-electron chi connectivity index (χ2n) is 12.5. The van der Waals surface area contributed by atoms with E-state index in [1.54, 1.807) is 47.7 Å². The van der Waals surface area contributed by atoms with Crippen molar-refractivity contribution >= 4 is 23.9 Å². The van der Waals surface area contributed by atoms with E-state index in [1.165, 1.54) is 6.33 Å². The first kappa shape index (κ1) is 33.3. The molecule has 226 valence electrons. The van der Waals surface area contributed by atoms with Crippen LogP contribution in [-0.4, -0.2) is 63.2 Å². The third-order valence-corrected chi connectivity index (χ3v) is 5.62. The van der Waals surface area contributed by atoms with Crippen molar-refractivity contribution in [3.8, 4) is 0 Å². The number of carbonyl (C=O) groups excluding carboxylic acids is 4. The second kappa shape index (κ2) is 14.7. The summed E-state index contributed by atoms with van der Waals surface area (Å²) in [4.78, 5) is 59.7. The summed E-state index contributed by atoms with van der Waals surface area (Å²) in [6.45, 7) is 14.3. The Labute approximate surface area is 242 Å². The first-order chi connectivity index (χ1) is 19.0. The molecule has 0 unspecified atom stereocenters. The lowest BCUT2D eigenvalue weighted by atomic mass is 10.0. The quantitative estimate of drug-likeness (QED) is 0.285. The van der Waals surface area contributed by atoms with Gasteiger partial charge in [-0.3, -0.25) is 9.59 Å². The number of carbonyl (C=O) groups is 4. The minimum Gasteiger partial charge on any atom is -0.458 e. The molecule has 0 bridgehead atoms. The predicted octanol–water partition coefficient (Wildman–Crippen LogP) is 3.45. The molecule has 0 fully saturated rings. The molecular formula is C30H45N5O6. The van der Waals surface area contributed by atoms with Crippen LogP contribution < -0.4 is 16.0 Å². The molecule has 41 heavy (non-hydrogen) atoms. The Morgan fingerprint density at radius 1 is 0.805 bits per heavy atom. The van der Waals surface area contributed by atoms with E-state index in [0.717, 1.165) is 5.56 Å². The number of nitrogens with one attached hydrogen (secondary N) is 4. The van der Waals surface area contributed by atoms with Gasteiger partial charge >= 0.3 is 12.1 Å². The largest absolute Gasteiger partial charge is 0.458 e. The summed E-state index contributed by atoms with van der Waals surface area (Å²) in [5.41, 5.74) is -0.102. The van der Waals surface area contributed by atoms with Crippen molar-refractivity contribution in [2.24, 2.45) is 5.92 Å². The van der Waals surface area contributed by atoms with Gasteiger partial charge in [-0.05, 0) is 59.4 Å². The Bertz CT molecular complexity index is 1140. The molecule has 0 radical (unpaired) electrons.